The number of aromatic nitrogens is 2. The number of likely N-dealkylation sites (N-methyl/N-ethyl adjacent to an activating group) is 1. The van der Waals surface area contributed by atoms with E-state index in [9.17, 15) is 18.4 Å². The largest absolute Gasteiger partial charge is 0.373 e. The van der Waals surface area contributed by atoms with Crippen LogP contribution in [0.15, 0.2) is 34.4 Å². The van der Waals surface area contributed by atoms with Gasteiger partial charge in [-0.15, -0.1) is 11.3 Å². The number of amides is 1. The minimum absolute atomic E-state index is 0.0378. The molecule has 1 aromatic carbocycles. The molecule has 4 heterocycles. The molecule has 3 aromatic heterocycles. The fourth-order valence-corrected chi connectivity index (χ4v) is 4.63. The molecule has 1 aliphatic heterocycles. The smallest absolute Gasteiger partial charge is 0.270 e. The molecule has 4 aromatic rings. The average molecular weight is 415 g/mol. The lowest BCUT2D eigenvalue weighted by atomic mass is 9.95. The van der Waals surface area contributed by atoms with Gasteiger partial charge in [0.1, 0.15) is 10.5 Å². The van der Waals surface area contributed by atoms with Gasteiger partial charge in [0, 0.05) is 23.7 Å². The molecule has 0 fully saturated rings. The number of carbonyl (C=O) groups excluding carboxylic acids is 1. The highest BCUT2D eigenvalue weighted by atomic mass is 32.1. The third kappa shape index (κ3) is 2.77. The number of ether oxygens (including phenoxy) is 1. The van der Waals surface area contributed by atoms with E-state index in [0.29, 0.717) is 17.0 Å². The summed E-state index contributed by atoms with van der Waals surface area (Å²) < 4.78 is 33.3. The predicted octanol–water partition coefficient (Wildman–Crippen LogP) is 3.69. The van der Waals surface area contributed by atoms with Crippen molar-refractivity contribution in [3.05, 3.63) is 68.6 Å². The monoisotopic (exact) mass is 415 g/mol. The van der Waals surface area contributed by atoms with Gasteiger partial charge in [-0.2, -0.15) is 0 Å². The lowest BCUT2D eigenvalue weighted by Crippen LogP contribution is -2.37. The van der Waals surface area contributed by atoms with Gasteiger partial charge in [-0.25, -0.2) is 8.78 Å². The van der Waals surface area contributed by atoms with Crippen LogP contribution in [0.3, 0.4) is 0 Å². The van der Waals surface area contributed by atoms with Gasteiger partial charge < -0.3 is 19.6 Å². The minimum Gasteiger partial charge on any atom is -0.373 e. The molecule has 0 saturated carbocycles. The Labute approximate surface area is 166 Å². The Kier molecular flexibility index (Phi) is 4.04. The molecule has 1 amide bonds. The molecule has 6 nitrogen and oxygen atoms in total. The Bertz CT molecular complexity index is 1310. The van der Waals surface area contributed by atoms with E-state index in [1.807, 2.05) is 11.4 Å². The third-order valence-corrected chi connectivity index (χ3v) is 6.15. The summed E-state index contributed by atoms with van der Waals surface area (Å²) in [5.41, 5.74) is 0.916. The molecule has 2 N–H and O–H groups in total. The molecular formula is C20H15F2N3O3S. The van der Waals surface area contributed by atoms with Crippen molar-refractivity contribution < 1.29 is 18.3 Å². The van der Waals surface area contributed by atoms with Crippen LogP contribution in [0.25, 0.3) is 21.0 Å². The van der Waals surface area contributed by atoms with Crippen LogP contribution in [0, 0.1) is 11.6 Å². The highest BCUT2D eigenvalue weighted by Gasteiger charge is 2.32. The van der Waals surface area contributed by atoms with Crippen LogP contribution >= 0.6 is 11.3 Å². The van der Waals surface area contributed by atoms with Crippen molar-refractivity contribution >= 4 is 38.2 Å². The zero-order valence-electron chi connectivity index (χ0n) is 15.2. The highest BCUT2D eigenvalue weighted by Crippen LogP contribution is 2.34. The number of fused-ring (bicyclic) bond motifs is 4. The van der Waals surface area contributed by atoms with E-state index in [4.69, 9.17) is 4.74 Å². The summed E-state index contributed by atoms with van der Waals surface area (Å²) in [6.07, 6.45) is 0. The summed E-state index contributed by atoms with van der Waals surface area (Å²) in [5, 5.41) is 3.19. The summed E-state index contributed by atoms with van der Waals surface area (Å²) in [6.45, 7) is 0.292. The molecular weight excluding hydrogens is 400 g/mol. The van der Waals surface area contributed by atoms with E-state index in [1.165, 1.54) is 16.2 Å². The Morgan fingerprint density at radius 2 is 1.97 bits per heavy atom. The first-order chi connectivity index (χ1) is 13.9. The van der Waals surface area contributed by atoms with Gasteiger partial charge in [0.25, 0.3) is 11.5 Å². The maximum Gasteiger partial charge on any atom is 0.270 e. The van der Waals surface area contributed by atoms with E-state index in [0.717, 1.165) is 22.3 Å². The summed E-state index contributed by atoms with van der Waals surface area (Å²) in [7, 11) is 1.62. The highest BCUT2D eigenvalue weighted by molar-refractivity contribution is 7.16. The Hall–Kier alpha value is -3.04. The number of hydrogen-bond acceptors (Lipinski definition) is 4. The van der Waals surface area contributed by atoms with E-state index < -0.39 is 23.2 Å². The number of carbonyl (C=O) groups is 1. The molecule has 0 radical (unpaired) electrons. The maximum atomic E-state index is 14.0. The normalized spacial score (nSPS) is 16.3. The molecule has 1 atom stereocenters. The summed E-state index contributed by atoms with van der Waals surface area (Å²) in [6, 6.07) is 5.02. The fraction of sp³-hybridized carbons (Fsp3) is 0.200. The first-order valence-corrected chi connectivity index (χ1v) is 9.77. The third-order valence-electron chi connectivity index (χ3n) is 5.30. The minimum atomic E-state index is -1.09. The number of halogens is 2. The first-order valence-electron chi connectivity index (χ1n) is 8.89. The van der Waals surface area contributed by atoms with Crippen molar-refractivity contribution in [3.8, 4) is 0 Å². The zero-order valence-corrected chi connectivity index (χ0v) is 16.0. The molecule has 29 heavy (non-hydrogen) atoms. The number of benzene rings is 1. The van der Waals surface area contributed by atoms with E-state index >= 15 is 0 Å². The lowest BCUT2D eigenvalue weighted by Gasteiger charge is -2.33. The van der Waals surface area contributed by atoms with Crippen LogP contribution in [0.4, 0.5) is 8.78 Å². The van der Waals surface area contributed by atoms with Crippen molar-refractivity contribution in [3.63, 3.8) is 0 Å². The van der Waals surface area contributed by atoms with E-state index in [-0.39, 0.29) is 29.9 Å². The van der Waals surface area contributed by atoms with Crippen LogP contribution in [-0.4, -0.2) is 34.4 Å². The van der Waals surface area contributed by atoms with Gasteiger partial charge in [0.15, 0.2) is 11.6 Å². The van der Waals surface area contributed by atoms with Crippen LogP contribution in [-0.2, 0) is 11.3 Å². The van der Waals surface area contributed by atoms with Crippen molar-refractivity contribution in [1.82, 2.24) is 14.9 Å². The standard InChI is InChI=1S/C20H15F2N3O3S/c1-25(20(27)14-4-9-2-3-29-19(9)24-14)16-8-28-7-15-17(16)10-5-12(21)13(22)6-11(10)18(26)23-15/h2-6,16,24H,7-8H2,1H3,(H,23,26)/t16-/m1/s1. The number of H-pyrrole nitrogens is 2. The quantitative estimate of drug-likeness (QED) is 0.524. The van der Waals surface area contributed by atoms with Crippen molar-refractivity contribution in [1.29, 1.82) is 0 Å². The summed E-state index contributed by atoms with van der Waals surface area (Å²) in [5.74, 6) is -2.41. The lowest BCUT2D eigenvalue weighted by molar-refractivity contribution is 0.0333. The molecule has 9 heteroatoms. The summed E-state index contributed by atoms with van der Waals surface area (Å²) in [4.78, 5) is 33.6. The molecule has 0 unspecified atom stereocenters. The van der Waals surface area contributed by atoms with Crippen molar-refractivity contribution in [2.45, 2.75) is 12.6 Å². The van der Waals surface area contributed by atoms with Crippen molar-refractivity contribution in [2.24, 2.45) is 0 Å². The second-order valence-electron chi connectivity index (χ2n) is 6.99. The van der Waals surface area contributed by atoms with Crippen molar-refractivity contribution in [2.75, 3.05) is 13.7 Å². The average Bonchev–Trinajstić information content (AvgIpc) is 3.30. The van der Waals surface area contributed by atoms with Gasteiger partial charge in [-0.05, 0) is 35.0 Å². The first kappa shape index (κ1) is 18.0. The number of nitrogens with one attached hydrogen (secondary N) is 2. The molecule has 1 aliphatic rings. The van der Waals surface area contributed by atoms with Crippen LogP contribution in [0.1, 0.15) is 27.8 Å². The molecule has 5 rings (SSSR count). The number of aromatic amines is 2. The SMILES string of the molecule is CN(C(=O)c1cc2ccsc2[nH]1)[C@@H]1COCc2[nH]c(=O)c3cc(F)c(F)cc3c21. The molecule has 148 valence electrons. The molecule has 0 saturated heterocycles. The maximum absolute atomic E-state index is 14.0. The number of pyridine rings is 1. The van der Waals surface area contributed by atoms with Gasteiger partial charge in [-0.3, -0.25) is 9.59 Å². The van der Waals surface area contributed by atoms with Crippen LogP contribution in [0.2, 0.25) is 0 Å². The second-order valence-corrected chi connectivity index (χ2v) is 7.91. The Morgan fingerprint density at radius 1 is 1.21 bits per heavy atom. The van der Waals surface area contributed by atoms with Crippen LogP contribution < -0.4 is 5.56 Å². The number of rotatable bonds is 2. The topological polar surface area (TPSA) is 78.2 Å². The second kappa shape index (κ2) is 6.50. The van der Waals surface area contributed by atoms with Gasteiger partial charge in [0.05, 0.1) is 24.6 Å². The Balaban J connectivity index is 1.63. The van der Waals surface area contributed by atoms with E-state index in [2.05, 4.69) is 9.97 Å². The predicted molar refractivity (Wildman–Crippen MR) is 105 cm³/mol. The fourth-order valence-electron chi connectivity index (χ4n) is 3.84. The number of hydrogen-bond donors (Lipinski definition) is 2. The number of nitrogens with zero attached hydrogens (tertiary/aromatic N) is 1. The van der Waals surface area contributed by atoms with Gasteiger partial charge in [0.2, 0.25) is 0 Å². The molecule has 0 aliphatic carbocycles. The Morgan fingerprint density at radius 3 is 2.72 bits per heavy atom. The van der Waals surface area contributed by atoms with Crippen LogP contribution in [0.5, 0.6) is 0 Å². The van der Waals surface area contributed by atoms with Gasteiger partial charge >= 0.3 is 0 Å². The van der Waals surface area contributed by atoms with Gasteiger partial charge in [-0.1, -0.05) is 0 Å². The molecule has 0 bridgehead atoms. The van der Waals surface area contributed by atoms with E-state index in [1.54, 1.807) is 13.1 Å². The number of thiophene rings is 1. The summed E-state index contributed by atoms with van der Waals surface area (Å²) >= 11 is 1.50. The zero-order chi connectivity index (χ0) is 20.3. The molecule has 0 spiro atoms.